The molecule has 4 heteroatoms. The van der Waals surface area contributed by atoms with E-state index in [4.69, 9.17) is 4.42 Å². The molecule has 0 aliphatic rings. The van der Waals surface area contributed by atoms with Crippen molar-refractivity contribution in [1.29, 1.82) is 0 Å². The molecule has 4 nitrogen and oxygen atoms in total. The zero-order valence-electron chi connectivity index (χ0n) is 16.8. The lowest BCUT2D eigenvalue weighted by atomic mass is 10.1. The molecule has 0 aliphatic heterocycles. The van der Waals surface area contributed by atoms with Crippen LogP contribution in [0.2, 0.25) is 0 Å². The van der Waals surface area contributed by atoms with Crippen LogP contribution < -0.4 is 4.90 Å². The molecule has 0 N–H and O–H groups in total. The Hall–Kier alpha value is -3.66. The first-order valence-corrected chi connectivity index (χ1v) is 10.2. The van der Waals surface area contributed by atoms with E-state index in [-0.39, 0.29) is 5.91 Å². The van der Waals surface area contributed by atoms with Gasteiger partial charge in [-0.25, -0.2) is 4.98 Å². The van der Waals surface area contributed by atoms with Gasteiger partial charge in [0, 0.05) is 30.6 Å². The van der Waals surface area contributed by atoms with Crippen molar-refractivity contribution in [3.63, 3.8) is 0 Å². The molecule has 0 aliphatic carbocycles. The molecule has 150 valence electrons. The van der Waals surface area contributed by atoms with Gasteiger partial charge in [-0.15, -0.1) is 0 Å². The van der Waals surface area contributed by atoms with Gasteiger partial charge in [-0.3, -0.25) is 4.79 Å². The highest BCUT2D eigenvalue weighted by Gasteiger charge is 2.17. The number of hydrogen-bond acceptors (Lipinski definition) is 3. The predicted octanol–water partition coefficient (Wildman–Crippen LogP) is 5.55. The van der Waals surface area contributed by atoms with Crippen molar-refractivity contribution in [2.45, 2.75) is 19.3 Å². The van der Waals surface area contributed by atoms with Crippen LogP contribution in [0.15, 0.2) is 102 Å². The van der Waals surface area contributed by atoms with Crippen molar-refractivity contribution in [2.24, 2.45) is 0 Å². The lowest BCUT2D eigenvalue weighted by Crippen LogP contribution is -2.33. The smallest absolute Gasteiger partial charge is 0.227 e. The van der Waals surface area contributed by atoms with Crippen LogP contribution in [-0.2, 0) is 17.6 Å². The number of oxazole rings is 1. The number of amides is 1. The van der Waals surface area contributed by atoms with Gasteiger partial charge in [0.15, 0.2) is 11.7 Å². The summed E-state index contributed by atoms with van der Waals surface area (Å²) >= 11 is 0. The van der Waals surface area contributed by atoms with E-state index in [2.05, 4.69) is 17.1 Å². The second-order valence-corrected chi connectivity index (χ2v) is 7.10. The van der Waals surface area contributed by atoms with Gasteiger partial charge in [0.2, 0.25) is 5.91 Å². The van der Waals surface area contributed by atoms with Gasteiger partial charge in [0.25, 0.3) is 0 Å². The van der Waals surface area contributed by atoms with Crippen LogP contribution in [0, 0.1) is 0 Å². The molecule has 0 unspecified atom stereocenters. The van der Waals surface area contributed by atoms with Crippen LogP contribution in [0.5, 0.6) is 0 Å². The molecule has 0 fully saturated rings. The van der Waals surface area contributed by atoms with E-state index in [0.717, 1.165) is 23.4 Å². The van der Waals surface area contributed by atoms with E-state index >= 15 is 0 Å². The van der Waals surface area contributed by atoms with Crippen molar-refractivity contribution >= 4 is 11.6 Å². The third kappa shape index (κ3) is 5.03. The first kappa shape index (κ1) is 19.6. The van der Waals surface area contributed by atoms with E-state index in [0.29, 0.717) is 25.3 Å². The standard InChI is InChI=1S/C26H24N2O2/c29-26(17-16-25-27-20-24(30-25)22-12-6-2-7-13-22)28(23-14-8-3-9-15-23)19-18-21-10-4-1-5-11-21/h1-15,20H,16-19H2. The third-order valence-electron chi connectivity index (χ3n) is 5.00. The van der Waals surface area contributed by atoms with Gasteiger partial charge in [0.1, 0.15) is 0 Å². The first-order valence-electron chi connectivity index (χ1n) is 10.2. The molecular formula is C26H24N2O2. The minimum atomic E-state index is 0.0663. The lowest BCUT2D eigenvalue weighted by Gasteiger charge is -2.23. The molecule has 0 atom stereocenters. The van der Waals surface area contributed by atoms with Crippen molar-refractivity contribution < 1.29 is 9.21 Å². The quantitative estimate of drug-likeness (QED) is 0.392. The van der Waals surface area contributed by atoms with Gasteiger partial charge < -0.3 is 9.32 Å². The van der Waals surface area contributed by atoms with Crippen LogP contribution in [0.4, 0.5) is 5.69 Å². The number of carbonyl (C=O) groups excluding carboxylic acids is 1. The predicted molar refractivity (Wildman–Crippen MR) is 119 cm³/mol. The fourth-order valence-corrected chi connectivity index (χ4v) is 3.40. The fraction of sp³-hybridized carbons (Fsp3) is 0.154. The second-order valence-electron chi connectivity index (χ2n) is 7.10. The Morgan fingerprint density at radius 3 is 2.13 bits per heavy atom. The Morgan fingerprint density at radius 2 is 1.43 bits per heavy atom. The summed E-state index contributed by atoms with van der Waals surface area (Å²) in [4.78, 5) is 19.3. The maximum atomic E-state index is 13.1. The van der Waals surface area contributed by atoms with E-state index in [1.54, 1.807) is 6.20 Å². The van der Waals surface area contributed by atoms with Crippen molar-refractivity contribution in [3.05, 3.63) is 109 Å². The number of anilines is 1. The van der Waals surface area contributed by atoms with Crippen LogP contribution in [-0.4, -0.2) is 17.4 Å². The molecule has 1 heterocycles. The summed E-state index contributed by atoms with van der Waals surface area (Å²) in [5.41, 5.74) is 3.11. The molecule has 3 aromatic carbocycles. The van der Waals surface area contributed by atoms with Gasteiger partial charge in [-0.05, 0) is 24.1 Å². The Morgan fingerprint density at radius 1 is 0.800 bits per heavy atom. The van der Waals surface area contributed by atoms with E-state index in [9.17, 15) is 4.79 Å². The molecule has 1 aromatic heterocycles. The van der Waals surface area contributed by atoms with E-state index in [1.165, 1.54) is 5.56 Å². The summed E-state index contributed by atoms with van der Waals surface area (Å²) in [5.74, 6) is 1.37. The number of para-hydroxylation sites is 1. The van der Waals surface area contributed by atoms with E-state index in [1.807, 2.05) is 83.8 Å². The van der Waals surface area contributed by atoms with Gasteiger partial charge >= 0.3 is 0 Å². The number of nitrogens with zero attached hydrogens (tertiary/aromatic N) is 2. The van der Waals surface area contributed by atoms with Gasteiger partial charge in [-0.2, -0.15) is 0 Å². The summed E-state index contributed by atoms with van der Waals surface area (Å²) in [6.07, 6.45) is 3.34. The topological polar surface area (TPSA) is 46.3 Å². The molecule has 0 spiro atoms. The maximum Gasteiger partial charge on any atom is 0.227 e. The van der Waals surface area contributed by atoms with Gasteiger partial charge in [0.05, 0.1) is 6.20 Å². The average Bonchev–Trinajstić information content (AvgIpc) is 3.29. The lowest BCUT2D eigenvalue weighted by molar-refractivity contribution is -0.118. The van der Waals surface area contributed by atoms with Crippen LogP contribution >= 0.6 is 0 Å². The molecular weight excluding hydrogens is 372 g/mol. The average molecular weight is 396 g/mol. The van der Waals surface area contributed by atoms with E-state index < -0.39 is 0 Å². The summed E-state index contributed by atoms with van der Waals surface area (Å²) in [6, 6.07) is 29.9. The van der Waals surface area contributed by atoms with Crippen molar-refractivity contribution in [2.75, 3.05) is 11.4 Å². The monoisotopic (exact) mass is 396 g/mol. The highest BCUT2D eigenvalue weighted by atomic mass is 16.4. The van der Waals surface area contributed by atoms with Crippen molar-refractivity contribution in [1.82, 2.24) is 4.98 Å². The molecule has 0 saturated carbocycles. The molecule has 0 bridgehead atoms. The fourth-order valence-electron chi connectivity index (χ4n) is 3.40. The van der Waals surface area contributed by atoms with Crippen LogP contribution in [0.1, 0.15) is 17.9 Å². The first-order chi connectivity index (χ1) is 14.8. The van der Waals surface area contributed by atoms with Crippen molar-refractivity contribution in [3.8, 4) is 11.3 Å². The summed E-state index contributed by atoms with van der Waals surface area (Å²) < 4.78 is 5.85. The maximum absolute atomic E-state index is 13.1. The Labute approximate surface area is 176 Å². The Bertz CT molecular complexity index is 1060. The Kier molecular flexibility index (Phi) is 6.35. The number of hydrogen-bond donors (Lipinski definition) is 0. The third-order valence-corrected chi connectivity index (χ3v) is 5.00. The minimum Gasteiger partial charge on any atom is -0.441 e. The summed E-state index contributed by atoms with van der Waals surface area (Å²) in [5, 5.41) is 0. The highest BCUT2D eigenvalue weighted by Crippen LogP contribution is 2.21. The molecule has 4 rings (SSSR count). The zero-order valence-corrected chi connectivity index (χ0v) is 16.8. The summed E-state index contributed by atoms with van der Waals surface area (Å²) in [6.45, 7) is 0.633. The van der Waals surface area contributed by atoms with Gasteiger partial charge in [-0.1, -0.05) is 78.9 Å². The molecule has 1 amide bonds. The minimum absolute atomic E-state index is 0.0663. The summed E-state index contributed by atoms with van der Waals surface area (Å²) in [7, 11) is 0. The number of carbonyl (C=O) groups is 1. The van der Waals surface area contributed by atoms with Crippen LogP contribution in [0.25, 0.3) is 11.3 Å². The number of rotatable bonds is 8. The highest BCUT2D eigenvalue weighted by molar-refractivity contribution is 5.93. The second kappa shape index (κ2) is 9.70. The Balaban J connectivity index is 1.42. The SMILES string of the molecule is O=C(CCc1ncc(-c2ccccc2)o1)N(CCc1ccccc1)c1ccccc1. The number of benzene rings is 3. The molecule has 0 saturated heterocycles. The van der Waals surface area contributed by atoms with Crippen LogP contribution in [0.3, 0.4) is 0 Å². The largest absolute Gasteiger partial charge is 0.441 e. The molecule has 30 heavy (non-hydrogen) atoms. The molecule has 0 radical (unpaired) electrons. The number of aryl methyl sites for hydroxylation is 1. The number of aromatic nitrogens is 1. The molecule has 4 aromatic rings. The zero-order chi connectivity index (χ0) is 20.6. The normalized spacial score (nSPS) is 10.7.